The zero-order chi connectivity index (χ0) is 18.8. The molecular formula is C21H20BrNO4. The van der Waals surface area contributed by atoms with Gasteiger partial charge in [0.1, 0.15) is 24.3 Å². The Morgan fingerprint density at radius 1 is 1.19 bits per heavy atom. The minimum Gasteiger partial charge on any atom is -0.478 e. The summed E-state index contributed by atoms with van der Waals surface area (Å²) in [7, 11) is 1.70. The maximum absolute atomic E-state index is 13.0. The fraction of sp³-hybridized carbons (Fsp3) is 0.286. The van der Waals surface area contributed by atoms with Gasteiger partial charge in [-0.15, -0.1) is 0 Å². The van der Waals surface area contributed by atoms with Crippen molar-refractivity contribution < 1.29 is 13.9 Å². The third-order valence-electron chi connectivity index (χ3n) is 4.76. The van der Waals surface area contributed by atoms with Gasteiger partial charge in [-0.05, 0) is 36.2 Å². The predicted molar refractivity (Wildman–Crippen MR) is 108 cm³/mol. The molecule has 0 radical (unpaired) electrons. The summed E-state index contributed by atoms with van der Waals surface area (Å²) < 4.78 is 17.9. The average Bonchev–Trinajstić information content (AvgIpc) is 2.69. The number of nitrogens with zero attached hydrogens (tertiary/aromatic N) is 1. The molecule has 1 aliphatic heterocycles. The maximum Gasteiger partial charge on any atom is 0.200 e. The van der Waals surface area contributed by atoms with Gasteiger partial charge in [0.05, 0.1) is 16.5 Å². The molecule has 1 aromatic heterocycles. The van der Waals surface area contributed by atoms with Crippen molar-refractivity contribution >= 4 is 26.9 Å². The third-order valence-corrected chi connectivity index (χ3v) is 5.29. The number of rotatable bonds is 5. The molecule has 0 N–H and O–H groups in total. The highest BCUT2D eigenvalue weighted by Crippen LogP contribution is 2.32. The van der Waals surface area contributed by atoms with Crippen molar-refractivity contribution in [2.75, 3.05) is 27.0 Å². The topological polar surface area (TPSA) is 51.9 Å². The Morgan fingerprint density at radius 2 is 2.00 bits per heavy atom. The van der Waals surface area contributed by atoms with Crippen molar-refractivity contribution in [1.82, 2.24) is 4.90 Å². The predicted octanol–water partition coefficient (Wildman–Crippen LogP) is 4.41. The molecule has 0 bridgehead atoms. The molecule has 0 spiro atoms. The molecule has 1 aliphatic rings. The number of hydrogen-bond acceptors (Lipinski definition) is 5. The van der Waals surface area contributed by atoms with Gasteiger partial charge in [-0.25, -0.2) is 0 Å². The van der Waals surface area contributed by atoms with E-state index in [2.05, 4.69) is 20.8 Å². The smallest absolute Gasteiger partial charge is 0.200 e. The van der Waals surface area contributed by atoms with Gasteiger partial charge in [0.15, 0.2) is 0 Å². The maximum atomic E-state index is 13.0. The van der Waals surface area contributed by atoms with Crippen molar-refractivity contribution in [3.05, 3.63) is 62.9 Å². The van der Waals surface area contributed by atoms with Crippen LogP contribution in [0.15, 0.2) is 56.3 Å². The van der Waals surface area contributed by atoms with Crippen LogP contribution in [0.1, 0.15) is 12.0 Å². The summed E-state index contributed by atoms with van der Waals surface area (Å²) in [6, 6.07) is 11.3. The van der Waals surface area contributed by atoms with Gasteiger partial charge in [-0.2, -0.15) is 0 Å². The molecule has 2 heterocycles. The molecule has 6 heteroatoms. The van der Waals surface area contributed by atoms with E-state index in [1.54, 1.807) is 19.4 Å². The zero-order valence-electron chi connectivity index (χ0n) is 15.0. The number of hydrogen-bond donors (Lipinski definition) is 0. The second-order valence-corrected chi connectivity index (χ2v) is 7.49. The lowest BCUT2D eigenvalue weighted by molar-refractivity contribution is 0.0838. The molecule has 0 unspecified atom stereocenters. The highest BCUT2D eigenvalue weighted by molar-refractivity contribution is 9.10. The first-order valence-corrected chi connectivity index (χ1v) is 9.64. The van der Waals surface area contributed by atoms with E-state index >= 15 is 0 Å². The third kappa shape index (κ3) is 3.65. The minimum atomic E-state index is -0.0297. The fourth-order valence-corrected chi connectivity index (χ4v) is 3.62. The highest BCUT2D eigenvalue weighted by atomic mass is 79.9. The molecule has 0 aliphatic carbocycles. The Bertz CT molecular complexity index is 1010. The molecule has 27 heavy (non-hydrogen) atoms. The highest BCUT2D eigenvalue weighted by Gasteiger charge is 2.22. The van der Waals surface area contributed by atoms with Crippen LogP contribution in [0.3, 0.4) is 0 Å². The van der Waals surface area contributed by atoms with Crippen LogP contribution >= 0.6 is 15.9 Å². The lowest BCUT2D eigenvalue weighted by Gasteiger charge is -2.29. The van der Waals surface area contributed by atoms with Crippen LogP contribution in [0, 0.1) is 0 Å². The van der Waals surface area contributed by atoms with Crippen LogP contribution in [-0.4, -0.2) is 31.9 Å². The Kier molecular flexibility index (Phi) is 5.29. The van der Waals surface area contributed by atoms with Gasteiger partial charge in [0, 0.05) is 31.3 Å². The van der Waals surface area contributed by atoms with E-state index in [0.29, 0.717) is 36.4 Å². The lowest BCUT2D eigenvalue weighted by atomic mass is 10.0. The summed E-state index contributed by atoms with van der Waals surface area (Å²) in [5.41, 5.74) is 2.90. The molecule has 0 saturated heterocycles. The SMILES string of the molecule is COCCCN1COc2ccc3c(=O)c(-c4ccc(Br)cc4)coc3c2C1. The molecule has 3 aromatic rings. The van der Waals surface area contributed by atoms with Crippen molar-refractivity contribution in [2.24, 2.45) is 0 Å². The van der Waals surface area contributed by atoms with E-state index in [9.17, 15) is 4.79 Å². The van der Waals surface area contributed by atoms with E-state index in [0.717, 1.165) is 34.3 Å². The Labute approximate surface area is 165 Å². The van der Waals surface area contributed by atoms with Gasteiger partial charge in [0.25, 0.3) is 0 Å². The van der Waals surface area contributed by atoms with E-state index in [1.165, 1.54) is 0 Å². The monoisotopic (exact) mass is 429 g/mol. The summed E-state index contributed by atoms with van der Waals surface area (Å²) in [6.07, 6.45) is 2.48. The average molecular weight is 430 g/mol. The van der Waals surface area contributed by atoms with E-state index < -0.39 is 0 Å². The molecule has 4 rings (SSSR count). The molecule has 0 atom stereocenters. The molecule has 0 fully saturated rings. The molecule has 2 aromatic carbocycles. The van der Waals surface area contributed by atoms with E-state index in [4.69, 9.17) is 13.9 Å². The second kappa shape index (κ2) is 7.84. The van der Waals surface area contributed by atoms with Crippen molar-refractivity contribution in [3.8, 4) is 16.9 Å². The van der Waals surface area contributed by atoms with Crippen molar-refractivity contribution in [3.63, 3.8) is 0 Å². The number of ether oxygens (including phenoxy) is 2. The summed E-state index contributed by atoms with van der Waals surface area (Å²) in [5.74, 6) is 0.782. The van der Waals surface area contributed by atoms with Crippen LogP contribution in [0.2, 0.25) is 0 Å². The van der Waals surface area contributed by atoms with Crippen molar-refractivity contribution in [2.45, 2.75) is 13.0 Å². The number of benzene rings is 2. The number of fused-ring (bicyclic) bond motifs is 3. The van der Waals surface area contributed by atoms with Crippen LogP contribution in [0.25, 0.3) is 22.1 Å². The van der Waals surface area contributed by atoms with Crippen LogP contribution in [0.5, 0.6) is 5.75 Å². The standard InChI is InChI=1S/C21H20BrNO4/c1-25-10-2-9-23-11-17-19(27-13-23)8-7-16-20(24)18(12-26-21(16)17)14-3-5-15(22)6-4-14/h3-8,12H,2,9-11,13H2,1H3. The first-order valence-electron chi connectivity index (χ1n) is 8.85. The van der Waals surface area contributed by atoms with Gasteiger partial charge in [0.2, 0.25) is 5.43 Å². The van der Waals surface area contributed by atoms with E-state index in [-0.39, 0.29) is 5.43 Å². The van der Waals surface area contributed by atoms with Crippen LogP contribution in [-0.2, 0) is 11.3 Å². The summed E-state index contributed by atoms with van der Waals surface area (Å²) >= 11 is 3.42. The minimum absolute atomic E-state index is 0.0297. The zero-order valence-corrected chi connectivity index (χ0v) is 16.6. The van der Waals surface area contributed by atoms with Gasteiger partial charge in [-0.3, -0.25) is 9.69 Å². The molecule has 140 valence electrons. The van der Waals surface area contributed by atoms with Gasteiger partial charge >= 0.3 is 0 Å². The quantitative estimate of drug-likeness (QED) is 0.562. The van der Waals surface area contributed by atoms with Crippen LogP contribution < -0.4 is 10.2 Å². The van der Waals surface area contributed by atoms with Gasteiger partial charge in [-0.1, -0.05) is 28.1 Å². The van der Waals surface area contributed by atoms with Crippen molar-refractivity contribution in [1.29, 1.82) is 0 Å². The Morgan fingerprint density at radius 3 is 2.78 bits per heavy atom. The molecule has 0 saturated carbocycles. The molecular weight excluding hydrogens is 410 g/mol. The van der Waals surface area contributed by atoms with E-state index in [1.807, 2.05) is 30.3 Å². The molecule has 0 amide bonds. The largest absolute Gasteiger partial charge is 0.478 e. The first-order chi connectivity index (χ1) is 13.2. The summed E-state index contributed by atoms with van der Waals surface area (Å²) in [4.78, 5) is 15.2. The number of halogens is 1. The number of methoxy groups -OCH3 is 1. The normalized spacial score (nSPS) is 14.1. The fourth-order valence-electron chi connectivity index (χ4n) is 3.36. The second-order valence-electron chi connectivity index (χ2n) is 6.58. The summed E-state index contributed by atoms with van der Waals surface area (Å²) in [5, 5.41) is 0.580. The lowest BCUT2D eigenvalue weighted by Crippen LogP contribution is -2.33. The van der Waals surface area contributed by atoms with Gasteiger partial charge < -0.3 is 13.9 Å². The Hall–Kier alpha value is -2.15. The van der Waals surface area contributed by atoms with Crippen LogP contribution in [0.4, 0.5) is 0 Å². The first kappa shape index (κ1) is 18.2. The Balaban J connectivity index is 1.71. The summed E-state index contributed by atoms with van der Waals surface area (Å²) in [6.45, 7) is 2.80. The molecule has 5 nitrogen and oxygen atoms in total.